The second kappa shape index (κ2) is 8.36. The minimum Gasteiger partial charge on any atom is -0.454 e. The Balaban J connectivity index is 1.54. The van der Waals surface area contributed by atoms with Gasteiger partial charge in [0, 0.05) is 43.9 Å². The first kappa shape index (κ1) is 18.5. The first-order valence-electron chi connectivity index (χ1n) is 9.27. The number of fused-ring (bicyclic) bond motifs is 1. The SMILES string of the molecule is CCC(CC)N1CCN(C(=O)C=CC(=O)c2ccc3c(c2)OCO3)CC1. The lowest BCUT2D eigenvalue weighted by molar-refractivity contribution is -0.128. The number of hydrogen-bond acceptors (Lipinski definition) is 5. The van der Waals surface area contributed by atoms with Gasteiger partial charge in [-0.1, -0.05) is 13.8 Å². The van der Waals surface area contributed by atoms with Crippen LogP contribution in [0.1, 0.15) is 37.0 Å². The van der Waals surface area contributed by atoms with Crippen LogP contribution in [-0.2, 0) is 4.79 Å². The lowest BCUT2D eigenvalue weighted by Gasteiger charge is -2.38. The van der Waals surface area contributed by atoms with E-state index in [2.05, 4.69) is 18.7 Å². The molecule has 1 amide bonds. The summed E-state index contributed by atoms with van der Waals surface area (Å²) in [6, 6.07) is 5.63. The molecule has 26 heavy (non-hydrogen) atoms. The zero-order chi connectivity index (χ0) is 18.5. The van der Waals surface area contributed by atoms with Crippen molar-refractivity contribution in [3.05, 3.63) is 35.9 Å². The molecule has 2 aliphatic rings. The third-order valence-corrected chi connectivity index (χ3v) is 5.12. The summed E-state index contributed by atoms with van der Waals surface area (Å²) < 4.78 is 10.5. The summed E-state index contributed by atoms with van der Waals surface area (Å²) in [5.74, 6) is 0.876. The number of nitrogens with zero attached hydrogens (tertiary/aromatic N) is 2. The van der Waals surface area contributed by atoms with E-state index in [1.165, 1.54) is 12.2 Å². The van der Waals surface area contributed by atoms with Crippen LogP contribution in [0.4, 0.5) is 0 Å². The van der Waals surface area contributed by atoms with Crippen LogP contribution < -0.4 is 9.47 Å². The number of ketones is 1. The lowest BCUT2D eigenvalue weighted by atomic mass is 10.1. The van der Waals surface area contributed by atoms with Crippen LogP contribution in [0.15, 0.2) is 30.4 Å². The first-order valence-corrected chi connectivity index (χ1v) is 9.27. The van der Waals surface area contributed by atoms with Gasteiger partial charge in [0.2, 0.25) is 12.7 Å². The zero-order valence-corrected chi connectivity index (χ0v) is 15.4. The summed E-state index contributed by atoms with van der Waals surface area (Å²) in [5, 5.41) is 0. The Morgan fingerprint density at radius 2 is 1.73 bits per heavy atom. The van der Waals surface area contributed by atoms with Crippen molar-refractivity contribution in [3.63, 3.8) is 0 Å². The van der Waals surface area contributed by atoms with Gasteiger partial charge in [-0.3, -0.25) is 14.5 Å². The van der Waals surface area contributed by atoms with E-state index < -0.39 is 0 Å². The van der Waals surface area contributed by atoms with Gasteiger partial charge in [-0.2, -0.15) is 0 Å². The van der Waals surface area contributed by atoms with Crippen molar-refractivity contribution in [2.75, 3.05) is 33.0 Å². The first-order chi connectivity index (χ1) is 12.6. The summed E-state index contributed by atoms with van der Waals surface area (Å²) in [7, 11) is 0. The third-order valence-electron chi connectivity index (χ3n) is 5.12. The minimum absolute atomic E-state index is 0.108. The highest BCUT2D eigenvalue weighted by Crippen LogP contribution is 2.32. The van der Waals surface area contributed by atoms with Gasteiger partial charge >= 0.3 is 0 Å². The maximum Gasteiger partial charge on any atom is 0.246 e. The fourth-order valence-electron chi connectivity index (χ4n) is 3.51. The van der Waals surface area contributed by atoms with Crippen LogP contribution in [0.3, 0.4) is 0 Å². The molecule has 0 bridgehead atoms. The van der Waals surface area contributed by atoms with E-state index in [0.717, 1.165) is 25.9 Å². The highest BCUT2D eigenvalue weighted by Gasteiger charge is 2.23. The van der Waals surface area contributed by atoms with Crippen molar-refractivity contribution in [2.45, 2.75) is 32.7 Å². The number of carbonyl (C=O) groups is 2. The molecule has 6 nitrogen and oxygen atoms in total. The Hall–Kier alpha value is -2.34. The molecule has 2 aliphatic heterocycles. The number of hydrogen-bond donors (Lipinski definition) is 0. The molecule has 0 aromatic heterocycles. The number of benzene rings is 1. The van der Waals surface area contributed by atoms with E-state index in [-0.39, 0.29) is 18.5 Å². The monoisotopic (exact) mass is 358 g/mol. The molecule has 2 heterocycles. The number of amides is 1. The predicted octanol–water partition coefficient (Wildman–Crippen LogP) is 2.49. The summed E-state index contributed by atoms with van der Waals surface area (Å²) in [4.78, 5) is 28.9. The van der Waals surface area contributed by atoms with Crippen molar-refractivity contribution in [3.8, 4) is 11.5 Å². The predicted molar refractivity (Wildman–Crippen MR) is 98.6 cm³/mol. The van der Waals surface area contributed by atoms with Crippen LogP contribution in [0.25, 0.3) is 0 Å². The molecule has 0 radical (unpaired) electrons. The van der Waals surface area contributed by atoms with Crippen molar-refractivity contribution in [2.24, 2.45) is 0 Å². The summed E-state index contributed by atoms with van der Waals surface area (Å²) in [5.41, 5.74) is 0.483. The standard InChI is InChI=1S/C20H26N2O4/c1-3-16(4-2)21-9-11-22(12-10-21)20(24)8-6-17(23)15-5-7-18-19(13-15)26-14-25-18/h5-8,13,16H,3-4,9-12,14H2,1-2H3. The van der Waals surface area contributed by atoms with Gasteiger partial charge in [-0.05, 0) is 37.1 Å². The smallest absolute Gasteiger partial charge is 0.246 e. The largest absolute Gasteiger partial charge is 0.454 e. The topological polar surface area (TPSA) is 59.1 Å². The van der Waals surface area contributed by atoms with E-state index in [0.29, 0.717) is 36.2 Å². The van der Waals surface area contributed by atoms with Gasteiger partial charge in [0.05, 0.1) is 0 Å². The van der Waals surface area contributed by atoms with E-state index in [9.17, 15) is 9.59 Å². The van der Waals surface area contributed by atoms with Crippen LogP contribution >= 0.6 is 0 Å². The second-order valence-corrected chi connectivity index (χ2v) is 6.60. The maximum absolute atomic E-state index is 12.4. The molecule has 0 spiro atoms. The zero-order valence-electron chi connectivity index (χ0n) is 15.4. The molecule has 0 aliphatic carbocycles. The number of carbonyl (C=O) groups excluding carboxylic acids is 2. The van der Waals surface area contributed by atoms with Crippen molar-refractivity contribution in [1.82, 2.24) is 9.80 Å². The summed E-state index contributed by atoms with van der Waals surface area (Å²) in [6.45, 7) is 7.77. The van der Waals surface area contributed by atoms with Gasteiger partial charge in [-0.25, -0.2) is 0 Å². The van der Waals surface area contributed by atoms with E-state index in [4.69, 9.17) is 9.47 Å². The Labute approximate surface area is 154 Å². The fourth-order valence-corrected chi connectivity index (χ4v) is 3.51. The van der Waals surface area contributed by atoms with Crippen LogP contribution in [-0.4, -0.2) is 60.5 Å². The van der Waals surface area contributed by atoms with Gasteiger partial charge in [0.15, 0.2) is 17.3 Å². The molecule has 0 N–H and O–H groups in total. The average Bonchev–Trinajstić information content (AvgIpc) is 3.15. The van der Waals surface area contributed by atoms with E-state index in [1.54, 1.807) is 18.2 Å². The minimum atomic E-state index is -0.215. The highest BCUT2D eigenvalue weighted by atomic mass is 16.7. The molecule has 0 atom stereocenters. The third kappa shape index (κ3) is 4.07. The molecular weight excluding hydrogens is 332 g/mol. The Kier molecular flexibility index (Phi) is 5.93. The van der Waals surface area contributed by atoms with E-state index in [1.807, 2.05) is 4.90 Å². The molecule has 3 rings (SSSR count). The highest BCUT2D eigenvalue weighted by molar-refractivity contribution is 6.07. The van der Waals surface area contributed by atoms with Crippen molar-refractivity contribution >= 4 is 11.7 Å². The van der Waals surface area contributed by atoms with Crippen LogP contribution in [0.5, 0.6) is 11.5 Å². The lowest BCUT2D eigenvalue weighted by Crippen LogP contribution is -2.51. The molecule has 0 saturated carbocycles. The molecule has 1 fully saturated rings. The average molecular weight is 358 g/mol. The number of piperazine rings is 1. The van der Waals surface area contributed by atoms with Crippen molar-refractivity contribution < 1.29 is 19.1 Å². The number of rotatable bonds is 6. The molecule has 140 valence electrons. The Morgan fingerprint density at radius 3 is 2.42 bits per heavy atom. The van der Waals surface area contributed by atoms with Crippen molar-refractivity contribution in [1.29, 1.82) is 0 Å². The maximum atomic E-state index is 12.4. The molecule has 1 aromatic carbocycles. The fraction of sp³-hybridized carbons (Fsp3) is 0.500. The molecule has 0 unspecified atom stereocenters. The van der Waals surface area contributed by atoms with E-state index >= 15 is 0 Å². The van der Waals surface area contributed by atoms with Gasteiger partial charge in [-0.15, -0.1) is 0 Å². The molecule has 1 saturated heterocycles. The summed E-state index contributed by atoms with van der Waals surface area (Å²) in [6.07, 6.45) is 4.98. The van der Waals surface area contributed by atoms with Gasteiger partial charge < -0.3 is 14.4 Å². The number of ether oxygens (including phenoxy) is 2. The van der Waals surface area contributed by atoms with Crippen LogP contribution in [0, 0.1) is 0 Å². The molecular formula is C20H26N2O4. The van der Waals surface area contributed by atoms with Gasteiger partial charge in [0.25, 0.3) is 0 Å². The number of allylic oxidation sites excluding steroid dienone is 1. The van der Waals surface area contributed by atoms with Crippen LogP contribution in [0.2, 0.25) is 0 Å². The Morgan fingerprint density at radius 1 is 1.04 bits per heavy atom. The molecule has 1 aromatic rings. The quantitative estimate of drug-likeness (QED) is 0.578. The second-order valence-electron chi connectivity index (χ2n) is 6.60. The molecule has 6 heteroatoms. The summed E-state index contributed by atoms with van der Waals surface area (Å²) >= 11 is 0. The van der Waals surface area contributed by atoms with Gasteiger partial charge in [0.1, 0.15) is 0 Å². The Bertz CT molecular complexity index is 689. The normalized spacial score (nSPS) is 17.3.